The van der Waals surface area contributed by atoms with Crippen LogP contribution in [-0.4, -0.2) is 24.7 Å². The maximum Gasteiger partial charge on any atom is 0.261 e. The maximum atomic E-state index is 12.9. The summed E-state index contributed by atoms with van der Waals surface area (Å²) in [6, 6.07) is 17.7. The zero-order valence-corrected chi connectivity index (χ0v) is 17.6. The Morgan fingerprint density at radius 1 is 1.00 bits per heavy atom. The van der Waals surface area contributed by atoms with E-state index >= 15 is 0 Å². The first-order chi connectivity index (χ1) is 14.0. The topological polar surface area (TPSA) is 79.4 Å². The Hall–Kier alpha value is -3.10. The van der Waals surface area contributed by atoms with Gasteiger partial charge in [0, 0.05) is 21.1 Å². The number of halogens is 1. The van der Waals surface area contributed by atoms with Gasteiger partial charge >= 0.3 is 0 Å². The van der Waals surface area contributed by atoms with Crippen LogP contribution >= 0.6 is 28.1 Å². The van der Waals surface area contributed by atoms with Crippen LogP contribution in [-0.2, 0) is 0 Å². The highest BCUT2D eigenvalue weighted by Gasteiger charge is 2.20. The summed E-state index contributed by atoms with van der Waals surface area (Å²) in [7, 11) is 0. The number of aromatic amines is 2. The van der Waals surface area contributed by atoms with Crippen molar-refractivity contribution < 1.29 is 0 Å². The molecule has 2 N–H and O–H groups in total. The molecule has 6 nitrogen and oxygen atoms in total. The molecule has 142 valence electrons. The molecule has 0 amide bonds. The van der Waals surface area contributed by atoms with Gasteiger partial charge in [-0.15, -0.1) is 0 Å². The molecule has 8 heteroatoms. The van der Waals surface area contributed by atoms with E-state index in [0.29, 0.717) is 16.7 Å². The van der Waals surface area contributed by atoms with Gasteiger partial charge in [-0.2, -0.15) is 4.98 Å². The summed E-state index contributed by atoms with van der Waals surface area (Å²) < 4.78 is 2.98. The van der Waals surface area contributed by atoms with Crippen LogP contribution < -0.4 is 5.56 Å². The molecule has 0 aliphatic carbocycles. The van der Waals surface area contributed by atoms with E-state index in [1.54, 1.807) is 0 Å². The van der Waals surface area contributed by atoms with Crippen molar-refractivity contribution in [3.05, 3.63) is 79.9 Å². The number of nitrogens with one attached hydrogen (secondary N) is 2. The van der Waals surface area contributed by atoms with E-state index in [0.717, 1.165) is 32.4 Å². The smallest absolute Gasteiger partial charge is 0.261 e. The van der Waals surface area contributed by atoms with Gasteiger partial charge in [0.05, 0.1) is 11.1 Å². The van der Waals surface area contributed by atoms with Gasteiger partial charge in [0.1, 0.15) is 0 Å². The molecule has 5 aromatic rings. The molecule has 0 saturated heterocycles. The third kappa shape index (κ3) is 2.92. The van der Waals surface area contributed by atoms with Crippen molar-refractivity contribution in [1.82, 2.24) is 24.7 Å². The van der Waals surface area contributed by atoms with Crippen LogP contribution in [0.3, 0.4) is 0 Å². The van der Waals surface area contributed by atoms with Crippen LogP contribution in [0.5, 0.6) is 0 Å². The van der Waals surface area contributed by atoms with Gasteiger partial charge in [-0.1, -0.05) is 46.3 Å². The molecule has 0 atom stereocenters. The minimum absolute atomic E-state index is 0.120. The number of benzene rings is 2. The van der Waals surface area contributed by atoms with E-state index in [1.165, 1.54) is 0 Å². The number of pyridine rings is 1. The van der Waals surface area contributed by atoms with E-state index in [1.807, 2.05) is 66.2 Å². The van der Waals surface area contributed by atoms with Gasteiger partial charge in [0.15, 0.2) is 11.3 Å². The van der Waals surface area contributed by atoms with Gasteiger partial charge in [0.25, 0.3) is 5.56 Å². The first-order valence-corrected chi connectivity index (χ1v) is 10.1. The monoisotopic (exact) mass is 463 g/mol. The van der Waals surface area contributed by atoms with Gasteiger partial charge in [-0.3, -0.25) is 14.9 Å². The number of aromatic nitrogens is 5. The summed E-state index contributed by atoms with van der Waals surface area (Å²) in [5.74, 6) is 0. The Balaban J connectivity index is 2.01. The minimum Gasteiger partial charge on any atom is -0.297 e. The molecule has 0 radical (unpaired) electrons. The summed E-state index contributed by atoms with van der Waals surface area (Å²) in [6.45, 7) is 1.97. The second kappa shape index (κ2) is 6.75. The van der Waals surface area contributed by atoms with Crippen LogP contribution in [0.2, 0.25) is 0 Å². The number of rotatable bonds is 2. The second-order valence-electron chi connectivity index (χ2n) is 6.67. The normalized spacial score (nSPS) is 11.4. The number of H-pyrrole nitrogens is 2. The predicted molar refractivity (Wildman–Crippen MR) is 120 cm³/mol. The fourth-order valence-electron chi connectivity index (χ4n) is 3.60. The molecule has 0 aliphatic heterocycles. The van der Waals surface area contributed by atoms with Crippen LogP contribution in [0.4, 0.5) is 0 Å². The molecule has 0 fully saturated rings. The Bertz CT molecular complexity index is 1500. The van der Waals surface area contributed by atoms with Gasteiger partial charge in [0.2, 0.25) is 4.77 Å². The lowest BCUT2D eigenvalue weighted by Gasteiger charge is -2.09. The summed E-state index contributed by atoms with van der Waals surface area (Å²) in [5, 5.41) is 4.67. The van der Waals surface area contributed by atoms with Crippen molar-refractivity contribution in [3.63, 3.8) is 0 Å². The minimum atomic E-state index is -0.292. The van der Waals surface area contributed by atoms with Gasteiger partial charge in [-0.25, -0.2) is 9.67 Å². The number of para-hydroxylation sites is 1. The van der Waals surface area contributed by atoms with E-state index in [4.69, 9.17) is 17.2 Å². The van der Waals surface area contributed by atoms with Crippen LogP contribution in [0.25, 0.3) is 38.9 Å². The van der Waals surface area contributed by atoms with Crippen LogP contribution in [0.1, 0.15) is 5.69 Å². The van der Waals surface area contributed by atoms with Gasteiger partial charge < -0.3 is 0 Å². The zero-order chi connectivity index (χ0) is 20.1. The van der Waals surface area contributed by atoms with Crippen LogP contribution in [0, 0.1) is 11.7 Å². The number of hydrogen-bond donors (Lipinski definition) is 2. The molecule has 0 saturated carbocycles. The van der Waals surface area contributed by atoms with E-state index in [-0.39, 0.29) is 10.3 Å². The largest absolute Gasteiger partial charge is 0.297 e. The molecule has 5 rings (SSSR count). The van der Waals surface area contributed by atoms with Crippen molar-refractivity contribution >= 4 is 50.2 Å². The molecule has 0 aliphatic rings. The first kappa shape index (κ1) is 18.0. The van der Waals surface area contributed by atoms with Crippen molar-refractivity contribution in [1.29, 1.82) is 0 Å². The predicted octanol–water partition coefficient (Wildman–Crippen LogP) is 5.06. The Kier molecular flexibility index (Phi) is 4.18. The fraction of sp³-hybridized carbons (Fsp3) is 0.0476. The molecule has 0 unspecified atom stereocenters. The second-order valence-corrected chi connectivity index (χ2v) is 7.97. The number of nitrogens with zero attached hydrogens (tertiary/aromatic N) is 3. The number of fused-ring (bicyclic) bond motifs is 2. The maximum absolute atomic E-state index is 12.9. The standard InChI is InChI=1S/C21H14BrN5OS/c1-11-15-16(12-7-9-13(22)10-8-12)17-18(24-21(29)25-20(17)28)23-19(15)27(26-11)14-5-3-2-4-6-14/h2-10,26H,1H3,(H,25,28,29). The van der Waals surface area contributed by atoms with Crippen molar-refractivity contribution in [3.8, 4) is 16.8 Å². The lowest BCUT2D eigenvalue weighted by molar-refractivity contribution is 0.878. The fourth-order valence-corrected chi connectivity index (χ4v) is 4.05. The summed E-state index contributed by atoms with van der Waals surface area (Å²) in [6.07, 6.45) is 0. The SMILES string of the molecule is Cc1[nH]n(-c2ccccc2)c2nc3nc(=S)[nH]c(=O)c3c(-c3ccc(Br)cc3)c12. The Labute approximate surface area is 178 Å². The summed E-state index contributed by atoms with van der Waals surface area (Å²) >= 11 is 8.60. The summed E-state index contributed by atoms with van der Waals surface area (Å²) in [4.78, 5) is 24.6. The average Bonchev–Trinajstić information content (AvgIpc) is 3.04. The van der Waals surface area contributed by atoms with Crippen LogP contribution in [0.15, 0.2) is 63.9 Å². The third-order valence-electron chi connectivity index (χ3n) is 4.83. The highest BCUT2D eigenvalue weighted by Crippen LogP contribution is 2.35. The van der Waals surface area contributed by atoms with Gasteiger partial charge in [-0.05, 0) is 49.0 Å². The van der Waals surface area contributed by atoms with Crippen molar-refractivity contribution in [2.75, 3.05) is 0 Å². The zero-order valence-electron chi connectivity index (χ0n) is 15.2. The quantitative estimate of drug-likeness (QED) is 0.358. The highest BCUT2D eigenvalue weighted by molar-refractivity contribution is 9.10. The lowest BCUT2D eigenvalue weighted by atomic mass is 9.99. The van der Waals surface area contributed by atoms with E-state index < -0.39 is 0 Å². The first-order valence-electron chi connectivity index (χ1n) is 8.89. The molecule has 2 aromatic carbocycles. The number of hydrogen-bond acceptors (Lipinski definition) is 4. The van der Waals surface area contributed by atoms with Crippen molar-refractivity contribution in [2.45, 2.75) is 6.92 Å². The average molecular weight is 464 g/mol. The molecular weight excluding hydrogens is 450 g/mol. The number of aryl methyl sites for hydroxylation is 1. The van der Waals surface area contributed by atoms with E-state index in [9.17, 15) is 4.79 Å². The third-order valence-corrected chi connectivity index (χ3v) is 5.55. The molecule has 3 heterocycles. The molecule has 29 heavy (non-hydrogen) atoms. The molecular formula is C21H14BrN5OS. The highest BCUT2D eigenvalue weighted by atomic mass is 79.9. The molecule has 0 spiro atoms. The lowest BCUT2D eigenvalue weighted by Crippen LogP contribution is -2.11. The summed E-state index contributed by atoms with van der Waals surface area (Å²) in [5.41, 5.74) is 4.24. The van der Waals surface area contributed by atoms with Crippen molar-refractivity contribution in [2.24, 2.45) is 0 Å². The molecule has 0 bridgehead atoms. The van der Waals surface area contributed by atoms with E-state index in [2.05, 4.69) is 31.0 Å². The molecule has 3 aromatic heterocycles. The Morgan fingerprint density at radius 2 is 1.72 bits per heavy atom. The Morgan fingerprint density at radius 3 is 2.45 bits per heavy atom.